The highest BCUT2D eigenvalue weighted by atomic mass is 16.1. The Morgan fingerprint density at radius 3 is 1.33 bits per heavy atom. The van der Waals surface area contributed by atoms with Gasteiger partial charge in [0.15, 0.2) is 11.6 Å². The molecule has 2 aliphatic carbocycles. The van der Waals surface area contributed by atoms with Gasteiger partial charge >= 0.3 is 0 Å². The molecule has 0 saturated heterocycles. The molecular formula is C22H30O2. The van der Waals surface area contributed by atoms with Gasteiger partial charge in [0, 0.05) is 23.0 Å². The normalized spacial score (nSPS) is 30.8. The summed E-state index contributed by atoms with van der Waals surface area (Å²) >= 11 is 0. The Kier molecular flexibility index (Phi) is 5.53. The molecule has 0 atom stereocenters. The molecule has 1 aromatic rings. The summed E-state index contributed by atoms with van der Waals surface area (Å²) in [5.74, 6) is 2.10. The number of hydrogen-bond acceptors (Lipinski definition) is 2. The van der Waals surface area contributed by atoms with Crippen LogP contribution in [-0.4, -0.2) is 11.6 Å². The van der Waals surface area contributed by atoms with Crippen LogP contribution in [0.5, 0.6) is 0 Å². The van der Waals surface area contributed by atoms with Crippen molar-refractivity contribution < 1.29 is 9.59 Å². The molecule has 2 saturated carbocycles. The molecule has 0 aromatic heterocycles. The first-order chi connectivity index (χ1) is 11.6. The Balaban J connectivity index is 1.77. The first kappa shape index (κ1) is 17.4. The summed E-state index contributed by atoms with van der Waals surface area (Å²) < 4.78 is 0. The highest BCUT2D eigenvalue weighted by molar-refractivity contribution is 6.10. The first-order valence-electron chi connectivity index (χ1n) is 9.73. The van der Waals surface area contributed by atoms with Crippen LogP contribution in [0.2, 0.25) is 0 Å². The average molecular weight is 326 g/mol. The summed E-state index contributed by atoms with van der Waals surface area (Å²) in [6, 6.07) is 7.55. The fourth-order valence-electron chi connectivity index (χ4n) is 4.40. The quantitative estimate of drug-likeness (QED) is 0.665. The fourth-order valence-corrected chi connectivity index (χ4v) is 4.40. The Morgan fingerprint density at radius 1 is 0.667 bits per heavy atom. The van der Waals surface area contributed by atoms with Gasteiger partial charge < -0.3 is 0 Å². The lowest BCUT2D eigenvalue weighted by Gasteiger charge is -2.27. The summed E-state index contributed by atoms with van der Waals surface area (Å²) in [5, 5.41) is 0. The molecule has 24 heavy (non-hydrogen) atoms. The molecule has 2 heteroatoms. The van der Waals surface area contributed by atoms with Crippen LogP contribution in [0.1, 0.15) is 85.9 Å². The number of rotatable bonds is 4. The van der Waals surface area contributed by atoms with E-state index in [0.717, 1.165) is 63.2 Å². The van der Waals surface area contributed by atoms with Gasteiger partial charge in [-0.25, -0.2) is 0 Å². The Hall–Kier alpha value is -1.44. The van der Waals surface area contributed by atoms with Crippen LogP contribution >= 0.6 is 0 Å². The minimum atomic E-state index is 0.113. The molecule has 0 N–H and O–H groups in total. The van der Waals surface area contributed by atoms with E-state index in [4.69, 9.17) is 0 Å². The Labute approximate surface area is 146 Å². The molecule has 2 fully saturated rings. The number of ketones is 2. The van der Waals surface area contributed by atoms with Gasteiger partial charge in [0.05, 0.1) is 0 Å². The molecule has 2 aliphatic rings. The van der Waals surface area contributed by atoms with Crippen molar-refractivity contribution in [2.24, 2.45) is 23.7 Å². The van der Waals surface area contributed by atoms with Gasteiger partial charge in [-0.3, -0.25) is 9.59 Å². The van der Waals surface area contributed by atoms with E-state index in [-0.39, 0.29) is 23.4 Å². The minimum Gasteiger partial charge on any atom is -0.294 e. The number of Topliss-reactive ketones (excluding diaryl/α,β-unsaturated/α-hetero) is 2. The highest BCUT2D eigenvalue weighted by Gasteiger charge is 2.31. The molecule has 0 bridgehead atoms. The zero-order valence-electron chi connectivity index (χ0n) is 15.1. The maximum atomic E-state index is 13.0. The third-order valence-electron chi connectivity index (χ3n) is 6.23. The summed E-state index contributed by atoms with van der Waals surface area (Å²) in [6.07, 6.45) is 8.43. The monoisotopic (exact) mass is 326 g/mol. The van der Waals surface area contributed by atoms with Gasteiger partial charge in [-0.15, -0.1) is 0 Å². The number of benzene rings is 1. The molecule has 0 amide bonds. The molecule has 0 radical (unpaired) electrons. The van der Waals surface area contributed by atoms with E-state index >= 15 is 0 Å². The highest BCUT2D eigenvalue weighted by Crippen LogP contribution is 2.34. The third-order valence-corrected chi connectivity index (χ3v) is 6.23. The summed E-state index contributed by atoms with van der Waals surface area (Å²) in [5.41, 5.74) is 1.36. The van der Waals surface area contributed by atoms with E-state index in [1.165, 1.54) is 0 Å². The predicted octanol–water partition coefficient (Wildman–Crippen LogP) is 5.70. The van der Waals surface area contributed by atoms with Crippen molar-refractivity contribution in [2.45, 2.75) is 65.2 Å². The number of hydrogen-bond donors (Lipinski definition) is 0. The lowest BCUT2D eigenvalue weighted by molar-refractivity contribution is 0.0840. The smallest absolute Gasteiger partial charge is 0.166 e. The van der Waals surface area contributed by atoms with Crippen LogP contribution in [0.15, 0.2) is 24.3 Å². The average Bonchev–Trinajstić information content (AvgIpc) is 2.62. The van der Waals surface area contributed by atoms with Crippen molar-refractivity contribution in [1.29, 1.82) is 0 Å². The largest absolute Gasteiger partial charge is 0.294 e. The topological polar surface area (TPSA) is 34.1 Å². The summed E-state index contributed by atoms with van der Waals surface area (Å²) in [4.78, 5) is 26.0. The second-order valence-electron chi connectivity index (χ2n) is 8.19. The third kappa shape index (κ3) is 3.79. The molecule has 130 valence electrons. The first-order valence-corrected chi connectivity index (χ1v) is 9.73. The lowest BCUT2D eigenvalue weighted by atomic mass is 9.76. The van der Waals surface area contributed by atoms with Crippen LogP contribution in [0.3, 0.4) is 0 Å². The van der Waals surface area contributed by atoms with E-state index in [1.54, 1.807) is 0 Å². The molecule has 3 rings (SSSR count). The van der Waals surface area contributed by atoms with Gasteiger partial charge in [0.25, 0.3) is 0 Å². The van der Waals surface area contributed by atoms with Crippen LogP contribution in [0.4, 0.5) is 0 Å². The van der Waals surface area contributed by atoms with E-state index in [2.05, 4.69) is 13.8 Å². The van der Waals surface area contributed by atoms with Gasteiger partial charge in [0.1, 0.15) is 0 Å². The number of carbonyl (C=O) groups is 2. The lowest BCUT2D eigenvalue weighted by Crippen LogP contribution is -2.26. The predicted molar refractivity (Wildman–Crippen MR) is 97.3 cm³/mol. The molecule has 0 aliphatic heterocycles. The van der Waals surface area contributed by atoms with Gasteiger partial charge in [-0.1, -0.05) is 63.8 Å². The van der Waals surface area contributed by atoms with Crippen LogP contribution < -0.4 is 0 Å². The van der Waals surface area contributed by atoms with E-state index in [9.17, 15) is 9.59 Å². The zero-order chi connectivity index (χ0) is 17.1. The van der Waals surface area contributed by atoms with Crippen molar-refractivity contribution >= 4 is 11.6 Å². The van der Waals surface area contributed by atoms with Crippen LogP contribution in [0.25, 0.3) is 0 Å². The Morgan fingerprint density at radius 2 is 1.00 bits per heavy atom. The maximum absolute atomic E-state index is 13.0. The molecule has 0 spiro atoms. The SMILES string of the molecule is CC1CCC(C(=O)c2ccccc2C(=O)C2CCC(C)CC2)CC1. The Bertz CT molecular complexity index is 535. The minimum absolute atomic E-state index is 0.113. The van der Waals surface area contributed by atoms with Crippen molar-refractivity contribution in [3.63, 3.8) is 0 Å². The molecule has 0 unspecified atom stereocenters. The summed E-state index contributed by atoms with van der Waals surface area (Å²) in [6.45, 7) is 4.53. The number of carbonyl (C=O) groups excluding carboxylic acids is 2. The second kappa shape index (κ2) is 7.63. The van der Waals surface area contributed by atoms with Gasteiger partial charge in [0.2, 0.25) is 0 Å². The van der Waals surface area contributed by atoms with Gasteiger partial charge in [-0.05, 0) is 37.5 Å². The standard InChI is InChI=1S/C22H30O2/c1-15-7-11-17(12-8-15)21(23)19-5-3-4-6-20(19)22(24)18-13-9-16(2)10-14-18/h3-6,15-18H,7-14H2,1-2H3. The van der Waals surface area contributed by atoms with E-state index in [0.29, 0.717) is 11.1 Å². The van der Waals surface area contributed by atoms with Crippen LogP contribution in [0, 0.1) is 23.7 Å². The van der Waals surface area contributed by atoms with Crippen molar-refractivity contribution in [3.05, 3.63) is 35.4 Å². The zero-order valence-corrected chi connectivity index (χ0v) is 15.1. The fraction of sp³-hybridized carbons (Fsp3) is 0.636. The van der Waals surface area contributed by atoms with Crippen molar-refractivity contribution in [2.75, 3.05) is 0 Å². The van der Waals surface area contributed by atoms with Crippen molar-refractivity contribution in [3.8, 4) is 0 Å². The van der Waals surface area contributed by atoms with Gasteiger partial charge in [-0.2, -0.15) is 0 Å². The molecule has 2 nitrogen and oxygen atoms in total. The maximum Gasteiger partial charge on any atom is 0.166 e. The molecular weight excluding hydrogens is 296 g/mol. The van der Waals surface area contributed by atoms with Crippen molar-refractivity contribution in [1.82, 2.24) is 0 Å². The summed E-state index contributed by atoms with van der Waals surface area (Å²) in [7, 11) is 0. The van der Waals surface area contributed by atoms with E-state index < -0.39 is 0 Å². The van der Waals surface area contributed by atoms with E-state index in [1.807, 2.05) is 24.3 Å². The van der Waals surface area contributed by atoms with Crippen LogP contribution in [-0.2, 0) is 0 Å². The molecule has 1 aromatic carbocycles. The molecule has 0 heterocycles. The second-order valence-corrected chi connectivity index (χ2v) is 8.19.